The Bertz CT molecular complexity index is 1210. The van der Waals surface area contributed by atoms with Gasteiger partial charge in [-0.3, -0.25) is 14.9 Å². The van der Waals surface area contributed by atoms with Crippen LogP contribution < -0.4 is 10.8 Å². The highest BCUT2D eigenvalue weighted by atomic mass is 16.5. The van der Waals surface area contributed by atoms with Gasteiger partial charge in [0.25, 0.3) is 5.91 Å². The van der Waals surface area contributed by atoms with E-state index in [0.717, 1.165) is 55.1 Å². The van der Waals surface area contributed by atoms with Crippen LogP contribution in [0.4, 0.5) is 5.82 Å². The monoisotopic (exact) mass is 486 g/mol. The number of hydrogen-bond acceptors (Lipinski definition) is 7. The summed E-state index contributed by atoms with van der Waals surface area (Å²) in [4.78, 5) is 18.7. The van der Waals surface area contributed by atoms with Gasteiger partial charge >= 0.3 is 0 Å². The third-order valence-corrected chi connectivity index (χ3v) is 5.86. The Labute approximate surface area is 211 Å². The van der Waals surface area contributed by atoms with Crippen molar-refractivity contribution in [1.29, 1.82) is 0 Å². The van der Waals surface area contributed by atoms with Crippen LogP contribution in [-0.2, 0) is 16.0 Å². The molecule has 4 rings (SSSR count). The smallest absolute Gasteiger partial charge is 0.276 e. The maximum Gasteiger partial charge on any atom is 0.276 e. The average molecular weight is 487 g/mol. The van der Waals surface area contributed by atoms with Gasteiger partial charge in [-0.1, -0.05) is 36.1 Å². The molecule has 1 fully saturated rings. The van der Waals surface area contributed by atoms with E-state index >= 15 is 0 Å². The number of anilines is 1. The van der Waals surface area contributed by atoms with E-state index < -0.39 is 5.91 Å². The van der Waals surface area contributed by atoms with Crippen molar-refractivity contribution in [3.8, 4) is 23.0 Å². The van der Waals surface area contributed by atoms with E-state index in [4.69, 9.17) is 14.7 Å². The quantitative estimate of drug-likeness (QED) is 0.195. The fourth-order valence-corrected chi connectivity index (χ4v) is 3.87. The van der Waals surface area contributed by atoms with Gasteiger partial charge in [0.15, 0.2) is 0 Å². The second-order valence-corrected chi connectivity index (χ2v) is 8.39. The van der Waals surface area contributed by atoms with Crippen molar-refractivity contribution in [3.63, 3.8) is 0 Å². The van der Waals surface area contributed by atoms with Crippen molar-refractivity contribution in [2.75, 3.05) is 51.9 Å². The van der Waals surface area contributed by atoms with Crippen LogP contribution >= 0.6 is 0 Å². The number of pyridine rings is 1. The molecule has 186 valence electrons. The predicted molar refractivity (Wildman–Crippen MR) is 138 cm³/mol. The minimum atomic E-state index is -0.620. The van der Waals surface area contributed by atoms with E-state index in [0.29, 0.717) is 19.0 Å². The number of hydroxylamine groups is 1. The fourth-order valence-electron chi connectivity index (χ4n) is 3.87. The number of ether oxygens (including phenoxy) is 2. The third-order valence-electron chi connectivity index (χ3n) is 5.86. The lowest BCUT2D eigenvalue weighted by atomic mass is 10.0. The van der Waals surface area contributed by atoms with Crippen LogP contribution in [0.1, 0.15) is 27.0 Å². The van der Waals surface area contributed by atoms with E-state index in [1.54, 1.807) is 18.7 Å². The first-order valence-corrected chi connectivity index (χ1v) is 11.8. The standard InChI is InChI=1S/C28H30N4O4/c1-35-15-12-29-27-26(18-25(19-30-27)28(33)31-34)24-10-8-22(9-11-24)3-2-21-4-6-23(7-5-21)20-32-13-16-36-17-14-32/h4-11,18-19,34H,12-17,20H2,1H3,(H,29,30)(H,31,33). The molecular weight excluding hydrogens is 456 g/mol. The molecule has 1 saturated heterocycles. The van der Waals surface area contributed by atoms with Gasteiger partial charge in [0.1, 0.15) is 5.82 Å². The largest absolute Gasteiger partial charge is 0.383 e. The van der Waals surface area contributed by atoms with Crippen LogP contribution in [0.25, 0.3) is 11.1 Å². The van der Waals surface area contributed by atoms with Crippen LogP contribution in [0, 0.1) is 11.8 Å². The number of nitrogens with one attached hydrogen (secondary N) is 2. The Morgan fingerprint density at radius 3 is 2.39 bits per heavy atom. The van der Waals surface area contributed by atoms with Gasteiger partial charge in [0.2, 0.25) is 0 Å². The molecule has 36 heavy (non-hydrogen) atoms. The molecular formula is C28H30N4O4. The Morgan fingerprint density at radius 2 is 1.75 bits per heavy atom. The molecule has 0 saturated carbocycles. The van der Waals surface area contributed by atoms with Gasteiger partial charge in [-0.2, -0.15) is 0 Å². The summed E-state index contributed by atoms with van der Waals surface area (Å²) in [5.74, 6) is 6.44. The number of carbonyl (C=O) groups excluding carboxylic acids is 1. The zero-order valence-electron chi connectivity index (χ0n) is 20.3. The zero-order valence-corrected chi connectivity index (χ0v) is 20.3. The number of morpholine rings is 1. The van der Waals surface area contributed by atoms with E-state index in [-0.39, 0.29) is 5.56 Å². The zero-order chi connectivity index (χ0) is 25.2. The SMILES string of the molecule is COCCNc1ncc(C(=O)NO)cc1-c1ccc(C#Cc2ccc(CN3CCOCC3)cc2)cc1. The molecule has 2 heterocycles. The summed E-state index contributed by atoms with van der Waals surface area (Å²) < 4.78 is 10.5. The van der Waals surface area contributed by atoms with Crippen LogP contribution in [0.15, 0.2) is 60.8 Å². The summed E-state index contributed by atoms with van der Waals surface area (Å²) in [7, 11) is 1.63. The van der Waals surface area contributed by atoms with Gasteiger partial charge < -0.3 is 14.8 Å². The third kappa shape index (κ3) is 6.90. The van der Waals surface area contributed by atoms with E-state index in [1.165, 1.54) is 11.8 Å². The Balaban J connectivity index is 1.47. The molecule has 1 aliphatic rings. The van der Waals surface area contributed by atoms with Gasteiger partial charge in [-0.25, -0.2) is 10.5 Å². The van der Waals surface area contributed by atoms with Crippen LogP contribution in [-0.4, -0.2) is 67.6 Å². The molecule has 0 aliphatic carbocycles. The maximum absolute atomic E-state index is 11.9. The maximum atomic E-state index is 11.9. The van der Waals surface area contributed by atoms with E-state index in [2.05, 4.69) is 51.3 Å². The molecule has 0 atom stereocenters. The number of methoxy groups -OCH3 is 1. The number of benzene rings is 2. The van der Waals surface area contributed by atoms with Gasteiger partial charge in [0.05, 0.1) is 25.4 Å². The number of carbonyl (C=O) groups is 1. The fraction of sp³-hybridized carbons (Fsp3) is 0.286. The lowest BCUT2D eigenvalue weighted by molar-refractivity contribution is 0.0342. The average Bonchev–Trinajstić information content (AvgIpc) is 2.93. The van der Waals surface area contributed by atoms with Crippen molar-refractivity contribution in [1.82, 2.24) is 15.4 Å². The molecule has 8 heteroatoms. The summed E-state index contributed by atoms with van der Waals surface area (Å²) in [5, 5.41) is 12.2. The lowest BCUT2D eigenvalue weighted by Crippen LogP contribution is -2.35. The number of hydrogen-bond donors (Lipinski definition) is 3. The van der Waals surface area contributed by atoms with Crippen molar-refractivity contribution in [2.24, 2.45) is 0 Å². The first kappa shape index (κ1) is 25.4. The summed E-state index contributed by atoms with van der Waals surface area (Å²) >= 11 is 0. The number of amides is 1. The molecule has 1 amide bonds. The topological polar surface area (TPSA) is 96.0 Å². The van der Waals surface area contributed by atoms with Gasteiger partial charge in [-0.15, -0.1) is 0 Å². The molecule has 2 aromatic carbocycles. The van der Waals surface area contributed by atoms with E-state index in [9.17, 15) is 4.79 Å². The summed E-state index contributed by atoms with van der Waals surface area (Å²) in [6, 6.07) is 17.8. The molecule has 1 aromatic heterocycles. The second kappa shape index (κ2) is 12.8. The minimum absolute atomic E-state index is 0.255. The molecule has 3 N–H and O–H groups in total. The first-order chi connectivity index (χ1) is 17.7. The Morgan fingerprint density at radius 1 is 1.08 bits per heavy atom. The van der Waals surface area contributed by atoms with Crippen LogP contribution in [0.2, 0.25) is 0 Å². The highest BCUT2D eigenvalue weighted by molar-refractivity contribution is 5.95. The molecule has 3 aromatic rings. The van der Waals surface area contributed by atoms with Crippen molar-refractivity contribution < 1.29 is 19.5 Å². The lowest BCUT2D eigenvalue weighted by Gasteiger charge is -2.26. The molecule has 0 unspecified atom stereocenters. The summed E-state index contributed by atoms with van der Waals surface area (Å²) in [5.41, 5.74) is 6.62. The molecule has 0 radical (unpaired) electrons. The van der Waals surface area contributed by atoms with Crippen molar-refractivity contribution in [2.45, 2.75) is 6.54 Å². The highest BCUT2D eigenvalue weighted by Crippen LogP contribution is 2.27. The molecule has 8 nitrogen and oxygen atoms in total. The number of aromatic nitrogens is 1. The molecule has 0 spiro atoms. The molecule has 0 bridgehead atoms. The normalized spacial score (nSPS) is 13.5. The first-order valence-electron chi connectivity index (χ1n) is 11.8. The van der Waals surface area contributed by atoms with Crippen LogP contribution in [0.3, 0.4) is 0 Å². The highest BCUT2D eigenvalue weighted by Gasteiger charge is 2.13. The van der Waals surface area contributed by atoms with Crippen LogP contribution in [0.5, 0.6) is 0 Å². The summed E-state index contributed by atoms with van der Waals surface area (Å²) in [6.45, 7) is 5.55. The van der Waals surface area contributed by atoms with Gasteiger partial charge in [-0.05, 0) is 41.5 Å². The van der Waals surface area contributed by atoms with Crippen molar-refractivity contribution >= 4 is 11.7 Å². The summed E-state index contributed by atoms with van der Waals surface area (Å²) in [6.07, 6.45) is 1.41. The minimum Gasteiger partial charge on any atom is -0.383 e. The number of nitrogens with zero attached hydrogens (tertiary/aromatic N) is 2. The van der Waals surface area contributed by atoms with Crippen molar-refractivity contribution in [3.05, 3.63) is 83.0 Å². The number of rotatable bonds is 8. The van der Waals surface area contributed by atoms with Gasteiger partial charge in [0, 0.05) is 56.2 Å². The van der Waals surface area contributed by atoms with E-state index in [1.807, 2.05) is 24.3 Å². The Hall–Kier alpha value is -3.74. The predicted octanol–water partition coefficient (Wildman–Crippen LogP) is 3.16. The Kier molecular flexibility index (Phi) is 9.03. The molecule has 1 aliphatic heterocycles. The second-order valence-electron chi connectivity index (χ2n) is 8.39.